The molecule has 0 aliphatic carbocycles. The van der Waals surface area contributed by atoms with E-state index in [9.17, 15) is 14.4 Å². The first-order valence-electron chi connectivity index (χ1n) is 9.29. The average Bonchev–Trinajstić information content (AvgIpc) is 3.29. The largest absolute Gasteiger partial charge is 0.493 e. The summed E-state index contributed by atoms with van der Waals surface area (Å²) in [5.74, 6) is -0.257. The summed E-state index contributed by atoms with van der Waals surface area (Å²) in [4.78, 5) is 39.5. The predicted molar refractivity (Wildman–Crippen MR) is 109 cm³/mol. The summed E-state index contributed by atoms with van der Waals surface area (Å²) in [5.41, 5.74) is 1.74. The molecule has 1 aromatic heterocycles. The number of urea groups is 1. The first kappa shape index (κ1) is 21.0. The van der Waals surface area contributed by atoms with Crippen LogP contribution in [0.15, 0.2) is 40.4 Å². The van der Waals surface area contributed by atoms with Crippen molar-refractivity contribution in [1.29, 1.82) is 0 Å². The topological polar surface area (TPSA) is 101 Å². The number of hydrogen-bond acceptors (Lipinski definition) is 7. The number of amides is 3. The zero-order chi connectivity index (χ0) is 21.8. The van der Waals surface area contributed by atoms with E-state index in [1.165, 1.54) is 19.2 Å². The lowest BCUT2D eigenvalue weighted by atomic mass is 10.1. The zero-order valence-corrected chi connectivity index (χ0v) is 17.2. The molecule has 0 radical (unpaired) electrons. The fraction of sp³-hybridized carbons (Fsp3) is 0.286. The molecule has 9 heteroatoms. The lowest BCUT2D eigenvalue weighted by Gasteiger charge is -2.15. The molecule has 158 valence electrons. The van der Waals surface area contributed by atoms with Gasteiger partial charge in [-0.3, -0.25) is 9.69 Å². The number of carbonyl (C=O) groups excluding carboxylic acids is 3. The molecule has 0 unspecified atom stereocenters. The van der Waals surface area contributed by atoms with Crippen molar-refractivity contribution in [3.63, 3.8) is 0 Å². The van der Waals surface area contributed by atoms with E-state index in [4.69, 9.17) is 9.15 Å². The molecule has 2 aromatic rings. The van der Waals surface area contributed by atoms with Crippen LogP contribution in [-0.2, 0) is 16.1 Å². The number of methoxy groups -OCH3 is 1. The standard InChI is InChI=1S/C21H23N3O6/c1-5-29-18-11-14(23(2)3)7-6-13(18)10-16-19(25)24(21(27)22-16)12-15-8-9-17(30-15)20(26)28-4/h6-11H,5,12H2,1-4H3,(H,22,27)/b16-10-. The monoisotopic (exact) mass is 413 g/mol. The molecule has 9 nitrogen and oxygen atoms in total. The van der Waals surface area contributed by atoms with Crippen molar-refractivity contribution in [2.45, 2.75) is 13.5 Å². The number of nitrogens with one attached hydrogen (secondary N) is 1. The second-order valence-electron chi connectivity index (χ2n) is 6.69. The maximum absolute atomic E-state index is 12.8. The second kappa shape index (κ2) is 8.73. The lowest BCUT2D eigenvalue weighted by molar-refractivity contribution is -0.123. The highest BCUT2D eigenvalue weighted by Crippen LogP contribution is 2.28. The third-order valence-corrected chi connectivity index (χ3v) is 4.44. The van der Waals surface area contributed by atoms with Crippen LogP contribution in [0.2, 0.25) is 0 Å². The zero-order valence-electron chi connectivity index (χ0n) is 17.2. The maximum Gasteiger partial charge on any atom is 0.373 e. The number of hydrogen-bond donors (Lipinski definition) is 1. The summed E-state index contributed by atoms with van der Waals surface area (Å²) in [7, 11) is 5.07. The van der Waals surface area contributed by atoms with Crippen LogP contribution in [0.1, 0.15) is 28.8 Å². The van der Waals surface area contributed by atoms with Gasteiger partial charge >= 0.3 is 12.0 Å². The lowest BCUT2D eigenvalue weighted by Crippen LogP contribution is -2.30. The van der Waals surface area contributed by atoms with Crippen molar-refractivity contribution in [2.75, 3.05) is 32.7 Å². The van der Waals surface area contributed by atoms with Crippen LogP contribution in [-0.4, -0.2) is 50.6 Å². The molecule has 1 fully saturated rings. The number of imide groups is 1. The van der Waals surface area contributed by atoms with E-state index in [1.807, 2.05) is 44.1 Å². The molecule has 0 saturated carbocycles. The van der Waals surface area contributed by atoms with Crippen LogP contribution in [0.4, 0.5) is 10.5 Å². The number of nitrogens with zero attached hydrogens (tertiary/aromatic N) is 2. The molecule has 1 saturated heterocycles. The van der Waals surface area contributed by atoms with Crippen molar-refractivity contribution >= 4 is 29.7 Å². The Morgan fingerprint density at radius 2 is 2.00 bits per heavy atom. The molecule has 1 N–H and O–H groups in total. The van der Waals surface area contributed by atoms with Crippen LogP contribution in [0, 0.1) is 0 Å². The van der Waals surface area contributed by atoms with Gasteiger partial charge in [0, 0.05) is 31.4 Å². The molecule has 2 heterocycles. The molecule has 3 rings (SSSR count). The molecule has 0 atom stereocenters. The number of carbonyl (C=O) groups is 3. The Morgan fingerprint density at radius 3 is 2.67 bits per heavy atom. The normalized spacial score (nSPS) is 14.8. The van der Waals surface area contributed by atoms with Gasteiger partial charge in [0.2, 0.25) is 5.76 Å². The van der Waals surface area contributed by atoms with E-state index in [0.717, 1.165) is 10.6 Å². The van der Waals surface area contributed by atoms with Crippen molar-refractivity contribution in [3.05, 3.63) is 53.1 Å². The van der Waals surface area contributed by atoms with E-state index in [-0.39, 0.29) is 23.8 Å². The first-order valence-corrected chi connectivity index (χ1v) is 9.29. The number of esters is 1. The van der Waals surface area contributed by atoms with E-state index in [1.54, 1.807) is 6.08 Å². The van der Waals surface area contributed by atoms with E-state index in [0.29, 0.717) is 17.9 Å². The minimum Gasteiger partial charge on any atom is -0.493 e. The third kappa shape index (κ3) is 4.29. The Morgan fingerprint density at radius 1 is 1.23 bits per heavy atom. The molecular weight excluding hydrogens is 390 g/mol. The average molecular weight is 413 g/mol. The minimum absolute atomic E-state index is 0.00217. The van der Waals surface area contributed by atoms with Gasteiger partial charge in [0.05, 0.1) is 20.3 Å². The van der Waals surface area contributed by atoms with Crippen LogP contribution in [0.5, 0.6) is 5.75 Å². The van der Waals surface area contributed by atoms with Gasteiger partial charge in [-0.1, -0.05) is 0 Å². The highest BCUT2D eigenvalue weighted by atomic mass is 16.5. The van der Waals surface area contributed by atoms with Crippen molar-refractivity contribution in [1.82, 2.24) is 10.2 Å². The summed E-state index contributed by atoms with van der Waals surface area (Å²) in [6, 6.07) is 7.95. The number of benzene rings is 1. The molecular formula is C21H23N3O6. The van der Waals surface area contributed by atoms with Crippen molar-refractivity contribution in [3.8, 4) is 5.75 Å². The number of anilines is 1. The Balaban J connectivity index is 1.83. The molecule has 1 aliphatic rings. The SMILES string of the molecule is CCOc1cc(N(C)C)ccc1/C=C1\NC(=O)N(Cc2ccc(C(=O)OC)o2)C1=O. The number of rotatable bonds is 7. The molecule has 0 spiro atoms. The minimum atomic E-state index is -0.636. The summed E-state index contributed by atoms with van der Waals surface area (Å²) in [6.07, 6.45) is 1.58. The van der Waals surface area contributed by atoms with Gasteiger partial charge in [0.25, 0.3) is 5.91 Å². The summed E-state index contributed by atoms with van der Waals surface area (Å²) >= 11 is 0. The number of furan rings is 1. The fourth-order valence-electron chi connectivity index (χ4n) is 2.90. The highest BCUT2D eigenvalue weighted by molar-refractivity contribution is 6.14. The van der Waals surface area contributed by atoms with Gasteiger partial charge in [-0.25, -0.2) is 9.59 Å². The Hall–Kier alpha value is -3.75. The number of ether oxygens (including phenoxy) is 2. The van der Waals surface area contributed by atoms with Gasteiger partial charge in [-0.15, -0.1) is 0 Å². The van der Waals surface area contributed by atoms with Gasteiger partial charge in [-0.05, 0) is 37.3 Å². The molecule has 0 bridgehead atoms. The summed E-state index contributed by atoms with van der Waals surface area (Å²) in [6.45, 7) is 2.22. The summed E-state index contributed by atoms with van der Waals surface area (Å²) in [5, 5.41) is 2.57. The molecule has 30 heavy (non-hydrogen) atoms. The fourth-order valence-corrected chi connectivity index (χ4v) is 2.90. The first-order chi connectivity index (χ1) is 14.3. The van der Waals surface area contributed by atoms with Gasteiger partial charge in [-0.2, -0.15) is 0 Å². The molecule has 1 aromatic carbocycles. The van der Waals surface area contributed by atoms with Gasteiger partial charge < -0.3 is 24.1 Å². The smallest absolute Gasteiger partial charge is 0.373 e. The van der Waals surface area contributed by atoms with Gasteiger partial charge in [0.1, 0.15) is 17.2 Å². The quantitative estimate of drug-likeness (QED) is 0.423. The highest BCUT2D eigenvalue weighted by Gasteiger charge is 2.34. The third-order valence-electron chi connectivity index (χ3n) is 4.44. The van der Waals surface area contributed by atoms with Crippen LogP contribution in [0.3, 0.4) is 0 Å². The van der Waals surface area contributed by atoms with Crippen LogP contribution < -0.4 is 15.0 Å². The van der Waals surface area contributed by atoms with Crippen molar-refractivity contribution in [2.24, 2.45) is 0 Å². The van der Waals surface area contributed by atoms with E-state index < -0.39 is 17.9 Å². The molecule has 1 aliphatic heterocycles. The van der Waals surface area contributed by atoms with Crippen molar-refractivity contribution < 1.29 is 28.3 Å². The second-order valence-corrected chi connectivity index (χ2v) is 6.69. The predicted octanol–water partition coefficient (Wildman–Crippen LogP) is 2.62. The Labute approximate surface area is 173 Å². The van der Waals surface area contributed by atoms with E-state index >= 15 is 0 Å². The molecule has 3 amide bonds. The summed E-state index contributed by atoms with van der Waals surface area (Å²) < 4.78 is 15.6. The van der Waals surface area contributed by atoms with E-state index in [2.05, 4.69) is 10.1 Å². The van der Waals surface area contributed by atoms with Crippen LogP contribution in [0.25, 0.3) is 6.08 Å². The van der Waals surface area contributed by atoms with Gasteiger partial charge in [0.15, 0.2) is 0 Å². The maximum atomic E-state index is 12.8. The Kier molecular flexibility index (Phi) is 6.10. The van der Waals surface area contributed by atoms with Crippen LogP contribution >= 0.6 is 0 Å². The Bertz CT molecular complexity index is 1010.